The summed E-state index contributed by atoms with van der Waals surface area (Å²) in [7, 11) is 0. The zero-order valence-electron chi connectivity index (χ0n) is 9.33. The van der Waals surface area contributed by atoms with Gasteiger partial charge in [0.1, 0.15) is 0 Å². The van der Waals surface area contributed by atoms with E-state index in [-0.39, 0.29) is 12.6 Å². The van der Waals surface area contributed by atoms with Crippen LogP contribution in [0.2, 0.25) is 0 Å². The van der Waals surface area contributed by atoms with Crippen LogP contribution in [0.1, 0.15) is 33.1 Å². The van der Waals surface area contributed by atoms with E-state index in [9.17, 15) is 5.11 Å². The van der Waals surface area contributed by atoms with E-state index >= 15 is 0 Å². The van der Waals surface area contributed by atoms with Crippen molar-refractivity contribution in [3.8, 4) is 0 Å². The van der Waals surface area contributed by atoms with Gasteiger partial charge in [-0.2, -0.15) is 0 Å². The van der Waals surface area contributed by atoms with Gasteiger partial charge in [-0.15, -0.1) is 0 Å². The van der Waals surface area contributed by atoms with E-state index in [4.69, 9.17) is 4.74 Å². The molecule has 0 aromatic rings. The molecule has 0 aromatic heterocycles. The molecular formula is C11H23NO2. The molecule has 2 N–H and O–H groups in total. The Hall–Kier alpha value is -0.120. The first kappa shape index (κ1) is 12.0. The fraction of sp³-hybridized carbons (Fsp3) is 1.00. The molecule has 3 nitrogen and oxygen atoms in total. The Morgan fingerprint density at radius 2 is 2.00 bits per heavy atom. The van der Waals surface area contributed by atoms with Gasteiger partial charge in [-0.3, -0.25) is 0 Å². The lowest BCUT2D eigenvalue weighted by molar-refractivity contribution is 0.0569. The zero-order chi connectivity index (χ0) is 10.4. The van der Waals surface area contributed by atoms with E-state index in [0.717, 1.165) is 38.4 Å². The smallest absolute Gasteiger partial charge is 0.0584 e. The Morgan fingerprint density at radius 3 is 2.50 bits per heavy atom. The summed E-state index contributed by atoms with van der Waals surface area (Å²) >= 11 is 0. The average molecular weight is 201 g/mol. The maximum Gasteiger partial charge on any atom is 0.0584 e. The van der Waals surface area contributed by atoms with Gasteiger partial charge in [0.15, 0.2) is 0 Å². The number of hydrogen-bond acceptors (Lipinski definition) is 3. The van der Waals surface area contributed by atoms with Crippen molar-refractivity contribution < 1.29 is 9.84 Å². The van der Waals surface area contributed by atoms with Gasteiger partial charge >= 0.3 is 0 Å². The van der Waals surface area contributed by atoms with E-state index in [1.165, 1.54) is 0 Å². The number of hydrogen-bond donors (Lipinski definition) is 2. The molecule has 1 rings (SSSR count). The third kappa shape index (κ3) is 4.40. The van der Waals surface area contributed by atoms with Gasteiger partial charge in [-0.25, -0.2) is 0 Å². The molecule has 0 aliphatic carbocycles. The van der Waals surface area contributed by atoms with Crippen LogP contribution in [-0.2, 0) is 4.74 Å². The van der Waals surface area contributed by atoms with Gasteiger partial charge in [0.05, 0.1) is 6.61 Å². The van der Waals surface area contributed by atoms with Gasteiger partial charge in [0.25, 0.3) is 0 Å². The molecule has 1 heterocycles. The number of rotatable bonds is 5. The number of aliphatic hydroxyl groups is 1. The minimum atomic E-state index is 0.246. The molecule has 1 saturated heterocycles. The van der Waals surface area contributed by atoms with Crippen LogP contribution < -0.4 is 5.32 Å². The van der Waals surface area contributed by atoms with Crippen LogP contribution in [0.25, 0.3) is 0 Å². The predicted octanol–water partition coefficient (Wildman–Crippen LogP) is 1.16. The van der Waals surface area contributed by atoms with Crippen LogP contribution in [0.15, 0.2) is 0 Å². The maximum absolute atomic E-state index is 9.21. The summed E-state index contributed by atoms with van der Waals surface area (Å²) in [4.78, 5) is 0. The van der Waals surface area contributed by atoms with Gasteiger partial charge in [0.2, 0.25) is 0 Å². The van der Waals surface area contributed by atoms with Crippen LogP contribution in [0, 0.1) is 5.92 Å². The molecule has 0 amide bonds. The van der Waals surface area contributed by atoms with Crippen molar-refractivity contribution in [1.82, 2.24) is 5.32 Å². The highest BCUT2D eigenvalue weighted by Crippen LogP contribution is 2.20. The van der Waals surface area contributed by atoms with Crippen LogP contribution in [0.4, 0.5) is 0 Å². The first-order valence-corrected chi connectivity index (χ1v) is 5.67. The third-order valence-corrected chi connectivity index (χ3v) is 2.75. The Labute approximate surface area is 86.8 Å². The lowest BCUT2D eigenvalue weighted by atomic mass is 9.92. The molecule has 14 heavy (non-hydrogen) atoms. The van der Waals surface area contributed by atoms with Crippen molar-refractivity contribution in [2.75, 3.05) is 19.8 Å². The molecule has 0 bridgehead atoms. The van der Waals surface area contributed by atoms with Crippen molar-refractivity contribution in [1.29, 1.82) is 0 Å². The predicted molar refractivity (Wildman–Crippen MR) is 57.3 cm³/mol. The summed E-state index contributed by atoms with van der Waals surface area (Å²) in [5, 5.41) is 12.6. The van der Waals surface area contributed by atoms with Crippen LogP contribution in [-0.4, -0.2) is 37.0 Å². The molecule has 3 heteroatoms. The molecule has 0 saturated carbocycles. The van der Waals surface area contributed by atoms with E-state index in [2.05, 4.69) is 19.2 Å². The fourth-order valence-electron chi connectivity index (χ4n) is 2.05. The van der Waals surface area contributed by atoms with Gasteiger partial charge in [-0.05, 0) is 25.2 Å². The zero-order valence-corrected chi connectivity index (χ0v) is 9.33. The van der Waals surface area contributed by atoms with Gasteiger partial charge < -0.3 is 15.2 Å². The number of aliphatic hydroxyl groups excluding tert-OH is 1. The quantitative estimate of drug-likeness (QED) is 0.701. The van der Waals surface area contributed by atoms with E-state index in [0.29, 0.717) is 6.04 Å². The van der Waals surface area contributed by atoms with Crippen LogP contribution in [0.3, 0.4) is 0 Å². The van der Waals surface area contributed by atoms with E-state index in [1.807, 2.05) is 0 Å². The molecular weight excluding hydrogens is 178 g/mol. The first-order valence-electron chi connectivity index (χ1n) is 5.67. The average Bonchev–Trinajstić information content (AvgIpc) is 2.17. The first-order chi connectivity index (χ1) is 6.72. The van der Waals surface area contributed by atoms with Gasteiger partial charge in [-0.1, -0.05) is 13.8 Å². The van der Waals surface area contributed by atoms with Crippen molar-refractivity contribution in [3.63, 3.8) is 0 Å². The second kappa shape index (κ2) is 6.38. The Morgan fingerprint density at radius 1 is 1.36 bits per heavy atom. The monoisotopic (exact) mass is 201 g/mol. The largest absolute Gasteiger partial charge is 0.395 e. The molecule has 0 radical (unpaired) electrons. The van der Waals surface area contributed by atoms with Crippen LogP contribution >= 0.6 is 0 Å². The van der Waals surface area contributed by atoms with E-state index in [1.54, 1.807) is 0 Å². The highest BCUT2D eigenvalue weighted by molar-refractivity contribution is 4.74. The minimum Gasteiger partial charge on any atom is -0.395 e. The highest BCUT2D eigenvalue weighted by atomic mass is 16.5. The van der Waals surface area contributed by atoms with Crippen molar-refractivity contribution in [2.24, 2.45) is 5.92 Å². The maximum atomic E-state index is 9.21. The molecule has 1 fully saturated rings. The minimum absolute atomic E-state index is 0.246. The topological polar surface area (TPSA) is 41.5 Å². The Kier molecular flexibility index (Phi) is 5.45. The summed E-state index contributed by atoms with van der Waals surface area (Å²) in [5.41, 5.74) is 0. The standard InChI is InChI=1S/C11H23NO2/c1-9(2)12-11(8-13)7-10-3-5-14-6-4-10/h9-13H,3-8H2,1-2H3. The Bertz CT molecular complexity index is 144. The summed E-state index contributed by atoms with van der Waals surface area (Å²) in [6.07, 6.45) is 3.38. The summed E-state index contributed by atoms with van der Waals surface area (Å²) < 4.78 is 5.31. The molecule has 1 aliphatic heterocycles. The second-order valence-electron chi connectivity index (χ2n) is 4.49. The molecule has 84 valence electrons. The molecule has 1 atom stereocenters. The lowest BCUT2D eigenvalue weighted by Gasteiger charge is -2.27. The lowest BCUT2D eigenvalue weighted by Crippen LogP contribution is -2.39. The van der Waals surface area contributed by atoms with Crippen molar-refractivity contribution in [3.05, 3.63) is 0 Å². The van der Waals surface area contributed by atoms with Crippen LogP contribution in [0.5, 0.6) is 0 Å². The highest BCUT2D eigenvalue weighted by Gasteiger charge is 2.18. The number of ether oxygens (including phenoxy) is 1. The molecule has 0 aromatic carbocycles. The molecule has 0 spiro atoms. The normalized spacial score (nSPS) is 21.4. The second-order valence-corrected chi connectivity index (χ2v) is 4.49. The summed E-state index contributed by atoms with van der Waals surface area (Å²) in [6.45, 7) is 6.27. The van der Waals surface area contributed by atoms with Gasteiger partial charge in [0, 0.05) is 25.3 Å². The SMILES string of the molecule is CC(C)NC(CO)CC1CCOCC1. The fourth-order valence-corrected chi connectivity index (χ4v) is 2.05. The van der Waals surface area contributed by atoms with Crippen molar-refractivity contribution in [2.45, 2.75) is 45.2 Å². The molecule has 1 unspecified atom stereocenters. The number of nitrogens with one attached hydrogen (secondary N) is 1. The van der Waals surface area contributed by atoms with E-state index < -0.39 is 0 Å². The molecule has 1 aliphatic rings. The Balaban J connectivity index is 2.23. The third-order valence-electron chi connectivity index (χ3n) is 2.75. The summed E-state index contributed by atoms with van der Waals surface area (Å²) in [6, 6.07) is 0.713. The van der Waals surface area contributed by atoms with Crippen molar-refractivity contribution >= 4 is 0 Å². The summed E-state index contributed by atoms with van der Waals surface area (Å²) in [5.74, 6) is 0.729.